The molecule has 0 saturated heterocycles. The second kappa shape index (κ2) is 4.53. The van der Waals surface area contributed by atoms with Crippen molar-refractivity contribution in [1.29, 1.82) is 0 Å². The highest BCUT2D eigenvalue weighted by Crippen LogP contribution is 2.48. The second-order valence-corrected chi connectivity index (χ2v) is 6.35. The van der Waals surface area contributed by atoms with Gasteiger partial charge in [-0.2, -0.15) is 0 Å². The van der Waals surface area contributed by atoms with E-state index in [-0.39, 0.29) is 5.41 Å². The Morgan fingerprint density at radius 3 is 2.35 bits per heavy atom. The lowest BCUT2D eigenvalue weighted by Crippen LogP contribution is -2.14. The third-order valence-corrected chi connectivity index (χ3v) is 4.09. The fourth-order valence-electron chi connectivity index (χ4n) is 3.01. The minimum Gasteiger partial charge on any atom is -0.0951 e. The zero-order valence-corrected chi connectivity index (χ0v) is 12.6. The van der Waals surface area contributed by atoms with E-state index in [1.165, 1.54) is 22.3 Å². The summed E-state index contributed by atoms with van der Waals surface area (Å²) >= 11 is 0. The van der Waals surface area contributed by atoms with E-state index >= 15 is 0 Å². The predicted octanol–water partition coefficient (Wildman–Crippen LogP) is 5.00. The van der Waals surface area contributed by atoms with Crippen LogP contribution in [0.3, 0.4) is 0 Å². The molecule has 0 amide bonds. The molecule has 100 valence electrons. The summed E-state index contributed by atoms with van der Waals surface area (Å²) in [5.74, 6) is 6.95. The smallest absolute Gasteiger partial charge is 0.0248 e. The van der Waals surface area contributed by atoms with E-state index in [1.807, 2.05) is 0 Å². The first-order valence-electron chi connectivity index (χ1n) is 7.26. The van der Waals surface area contributed by atoms with Gasteiger partial charge < -0.3 is 0 Å². The molecule has 3 rings (SSSR count). The fraction of sp³-hybridized carbons (Fsp3) is 0.300. The lowest BCUT2D eigenvalue weighted by atomic mass is 9.82. The minimum atomic E-state index is 0.0709. The minimum absolute atomic E-state index is 0.0709. The van der Waals surface area contributed by atoms with Crippen LogP contribution in [-0.4, -0.2) is 0 Å². The number of fused-ring (bicyclic) bond motifs is 3. The van der Waals surface area contributed by atoms with Gasteiger partial charge in [0, 0.05) is 16.9 Å². The maximum atomic E-state index is 3.29. The summed E-state index contributed by atoms with van der Waals surface area (Å²) in [4.78, 5) is 0. The summed E-state index contributed by atoms with van der Waals surface area (Å²) in [5.41, 5.74) is 6.75. The van der Waals surface area contributed by atoms with E-state index in [1.54, 1.807) is 0 Å². The van der Waals surface area contributed by atoms with Crippen LogP contribution >= 0.6 is 0 Å². The Labute approximate surface area is 121 Å². The van der Waals surface area contributed by atoms with Gasteiger partial charge in [0.05, 0.1) is 0 Å². The van der Waals surface area contributed by atoms with Crippen LogP contribution in [-0.2, 0) is 5.41 Å². The molecule has 0 N–H and O–H groups in total. The zero-order valence-electron chi connectivity index (χ0n) is 12.6. The van der Waals surface area contributed by atoms with Gasteiger partial charge in [0.25, 0.3) is 0 Å². The quantitative estimate of drug-likeness (QED) is 0.585. The van der Waals surface area contributed by atoms with Gasteiger partial charge in [-0.1, -0.05) is 69.9 Å². The largest absolute Gasteiger partial charge is 0.0951 e. The Bertz CT molecular complexity index is 721. The van der Waals surface area contributed by atoms with Crippen molar-refractivity contribution in [3.05, 3.63) is 59.2 Å². The summed E-state index contributed by atoms with van der Waals surface area (Å²) in [5, 5.41) is 0. The van der Waals surface area contributed by atoms with Gasteiger partial charge in [0.2, 0.25) is 0 Å². The molecule has 20 heavy (non-hydrogen) atoms. The van der Waals surface area contributed by atoms with Crippen LogP contribution in [0.25, 0.3) is 11.1 Å². The van der Waals surface area contributed by atoms with Crippen molar-refractivity contribution in [2.75, 3.05) is 0 Å². The monoisotopic (exact) mass is 260 g/mol. The molecule has 0 aliphatic heterocycles. The van der Waals surface area contributed by atoms with Crippen molar-refractivity contribution < 1.29 is 0 Å². The van der Waals surface area contributed by atoms with E-state index in [0.29, 0.717) is 5.92 Å². The molecule has 0 saturated carbocycles. The van der Waals surface area contributed by atoms with Gasteiger partial charge in [-0.15, -0.1) is 0 Å². The van der Waals surface area contributed by atoms with Crippen molar-refractivity contribution in [3.8, 4) is 23.0 Å². The van der Waals surface area contributed by atoms with E-state index in [2.05, 4.69) is 82.0 Å². The maximum absolute atomic E-state index is 3.29. The SMILES string of the molecule is CC(C)C#Cc1ccc2c(c1)C(C)(C)c1ccccc1-2. The standard InChI is InChI=1S/C20H20/c1-14(2)9-10-15-11-12-17-16-7-5-6-8-18(16)20(3,4)19(17)13-15/h5-8,11-14H,1-4H3. The molecule has 0 unspecified atom stereocenters. The van der Waals surface area contributed by atoms with Crippen molar-refractivity contribution in [3.63, 3.8) is 0 Å². The molecule has 1 aliphatic rings. The molecule has 0 heterocycles. The number of hydrogen-bond acceptors (Lipinski definition) is 0. The van der Waals surface area contributed by atoms with Gasteiger partial charge in [0.15, 0.2) is 0 Å². The summed E-state index contributed by atoms with van der Waals surface area (Å²) in [6.07, 6.45) is 0. The van der Waals surface area contributed by atoms with Crippen LogP contribution in [0.1, 0.15) is 44.4 Å². The van der Waals surface area contributed by atoms with E-state index < -0.39 is 0 Å². The van der Waals surface area contributed by atoms with E-state index in [9.17, 15) is 0 Å². The molecular weight excluding hydrogens is 240 g/mol. The molecule has 2 aromatic carbocycles. The Morgan fingerprint density at radius 2 is 1.60 bits per heavy atom. The Kier molecular flexibility index (Phi) is 2.94. The summed E-state index contributed by atoms with van der Waals surface area (Å²) in [7, 11) is 0. The molecule has 2 aromatic rings. The first kappa shape index (κ1) is 13.0. The Balaban J connectivity index is 2.16. The average Bonchev–Trinajstić information content (AvgIpc) is 2.66. The van der Waals surface area contributed by atoms with Gasteiger partial charge >= 0.3 is 0 Å². The summed E-state index contributed by atoms with van der Waals surface area (Å²) in [6.45, 7) is 8.86. The third kappa shape index (κ3) is 1.95. The van der Waals surface area contributed by atoms with Crippen molar-refractivity contribution in [2.45, 2.75) is 33.1 Å². The lowest BCUT2D eigenvalue weighted by molar-refractivity contribution is 0.660. The molecule has 1 aliphatic carbocycles. The fourth-order valence-corrected chi connectivity index (χ4v) is 3.01. The van der Waals surface area contributed by atoms with Gasteiger partial charge in [0.1, 0.15) is 0 Å². The molecule has 0 spiro atoms. The molecule has 0 fully saturated rings. The number of hydrogen-bond donors (Lipinski definition) is 0. The second-order valence-electron chi connectivity index (χ2n) is 6.35. The summed E-state index contributed by atoms with van der Waals surface area (Å²) < 4.78 is 0. The highest BCUT2D eigenvalue weighted by molar-refractivity contribution is 5.81. The van der Waals surface area contributed by atoms with Crippen molar-refractivity contribution in [1.82, 2.24) is 0 Å². The number of benzene rings is 2. The Hall–Kier alpha value is -2.00. The normalized spacial score (nSPS) is 14.4. The molecule has 0 radical (unpaired) electrons. The lowest BCUT2D eigenvalue weighted by Gasteiger charge is -2.21. The van der Waals surface area contributed by atoms with Crippen LogP contribution < -0.4 is 0 Å². The van der Waals surface area contributed by atoms with Gasteiger partial charge in [-0.05, 0) is 34.4 Å². The first-order valence-corrected chi connectivity index (χ1v) is 7.26. The van der Waals surface area contributed by atoms with Crippen LogP contribution in [0.2, 0.25) is 0 Å². The summed E-state index contributed by atoms with van der Waals surface area (Å²) in [6, 6.07) is 15.4. The highest BCUT2D eigenvalue weighted by Gasteiger charge is 2.34. The zero-order chi connectivity index (χ0) is 14.3. The van der Waals surface area contributed by atoms with Crippen molar-refractivity contribution in [2.24, 2.45) is 5.92 Å². The molecule has 0 nitrogen and oxygen atoms in total. The maximum Gasteiger partial charge on any atom is 0.0248 e. The van der Waals surface area contributed by atoms with Gasteiger partial charge in [-0.3, -0.25) is 0 Å². The molecule has 0 heteroatoms. The van der Waals surface area contributed by atoms with E-state index in [0.717, 1.165) is 5.56 Å². The van der Waals surface area contributed by atoms with Crippen molar-refractivity contribution >= 4 is 0 Å². The van der Waals surface area contributed by atoms with Gasteiger partial charge in [-0.25, -0.2) is 0 Å². The topological polar surface area (TPSA) is 0 Å². The predicted molar refractivity (Wildman–Crippen MR) is 85.7 cm³/mol. The highest BCUT2D eigenvalue weighted by atomic mass is 14.4. The average molecular weight is 260 g/mol. The molecule has 0 atom stereocenters. The Morgan fingerprint density at radius 1 is 0.900 bits per heavy atom. The number of rotatable bonds is 0. The van der Waals surface area contributed by atoms with Crippen LogP contribution in [0, 0.1) is 17.8 Å². The molecular formula is C20H20. The van der Waals surface area contributed by atoms with Crippen LogP contribution in [0.4, 0.5) is 0 Å². The first-order chi connectivity index (χ1) is 9.50. The van der Waals surface area contributed by atoms with Crippen LogP contribution in [0.5, 0.6) is 0 Å². The molecule has 0 aromatic heterocycles. The third-order valence-electron chi connectivity index (χ3n) is 4.09. The van der Waals surface area contributed by atoms with E-state index in [4.69, 9.17) is 0 Å². The van der Waals surface area contributed by atoms with Crippen LogP contribution in [0.15, 0.2) is 42.5 Å². The molecule has 0 bridgehead atoms.